The maximum Gasteiger partial charge on any atom is 0.309 e. The maximum atomic E-state index is 12.7. The van der Waals surface area contributed by atoms with Crippen LogP contribution in [0.15, 0.2) is 97.2 Å². The van der Waals surface area contributed by atoms with Crippen molar-refractivity contribution in [3.8, 4) is 0 Å². The van der Waals surface area contributed by atoms with E-state index in [0.29, 0.717) is 6.42 Å². The molecular formula is C51H82O6. The number of carbonyl (C=O) groups excluding carboxylic acids is 3. The number of carbonyl (C=O) groups is 3. The minimum Gasteiger partial charge on any atom is -0.462 e. The van der Waals surface area contributed by atoms with Crippen LogP contribution in [0.3, 0.4) is 0 Å². The predicted octanol–water partition coefficient (Wildman–Crippen LogP) is 14.6. The van der Waals surface area contributed by atoms with E-state index in [4.69, 9.17) is 14.2 Å². The third-order valence-electron chi connectivity index (χ3n) is 9.06. The first kappa shape index (κ1) is 53.3. The van der Waals surface area contributed by atoms with Gasteiger partial charge in [-0.2, -0.15) is 0 Å². The highest BCUT2D eigenvalue weighted by Gasteiger charge is 2.19. The quantitative estimate of drug-likeness (QED) is 0.0267. The van der Waals surface area contributed by atoms with E-state index in [1.165, 1.54) is 32.1 Å². The molecule has 0 amide bonds. The van der Waals surface area contributed by atoms with Crippen molar-refractivity contribution in [3.63, 3.8) is 0 Å². The smallest absolute Gasteiger partial charge is 0.309 e. The number of ether oxygens (including phenoxy) is 3. The predicted molar refractivity (Wildman–Crippen MR) is 242 cm³/mol. The molecule has 6 heteroatoms. The molecule has 6 nitrogen and oxygen atoms in total. The standard InChI is InChI=1S/C51H82O6/c1-4-7-10-13-16-19-22-24-25-27-29-32-35-38-41-44-50(53)56-47-48(46-55-49(52)43-40-37-34-31-28-21-18-15-12-9-6-3)57-51(54)45-42-39-36-33-30-26-23-20-17-14-11-8-5-2/h7,10-11,14-16,18-20,23-25,29,32,38,41,48H,4-6,8-9,12-13,17,21-22,26-28,30-31,33-37,39-40,42-47H2,1-3H3/b10-7-,14-11-,18-15-,19-16-,23-20-,25-24-,32-29-,41-38-. The minimum absolute atomic E-state index is 0.119. The molecule has 0 aliphatic carbocycles. The van der Waals surface area contributed by atoms with E-state index in [0.717, 1.165) is 116 Å². The Bertz CT molecular complexity index is 1180. The van der Waals surface area contributed by atoms with Gasteiger partial charge in [-0.3, -0.25) is 14.4 Å². The fourth-order valence-corrected chi connectivity index (χ4v) is 5.65. The first-order chi connectivity index (χ1) is 28.0. The van der Waals surface area contributed by atoms with Crippen LogP contribution in [0.25, 0.3) is 0 Å². The SMILES string of the molecule is CC/C=C\C/C=C\C/C=C\C/C=C\C/C=C\CC(=O)OCC(COC(=O)CCCCCCC/C=C\CCCC)OC(=O)CCCCCCC/C=C\C/C=C\CCC. The molecule has 0 saturated carbocycles. The van der Waals surface area contributed by atoms with Crippen molar-refractivity contribution in [2.24, 2.45) is 0 Å². The van der Waals surface area contributed by atoms with Gasteiger partial charge < -0.3 is 14.2 Å². The van der Waals surface area contributed by atoms with Gasteiger partial charge in [-0.05, 0) is 89.9 Å². The molecule has 0 fully saturated rings. The van der Waals surface area contributed by atoms with Gasteiger partial charge in [0.2, 0.25) is 0 Å². The summed E-state index contributed by atoms with van der Waals surface area (Å²) in [5, 5.41) is 0. The Morgan fingerprint density at radius 3 is 1.32 bits per heavy atom. The second-order valence-corrected chi connectivity index (χ2v) is 14.6. The number of hydrogen-bond acceptors (Lipinski definition) is 6. The fraction of sp³-hybridized carbons (Fsp3) is 0.627. The van der Waals surface area contributed by atoms with Crippen LogP contribution >= 0.6 is 0 Å². The molecule has 0 rings (SSSR count). The third kappa shape index (κ3) is 43.3. The normalized spacial score (nSPS) is 13.0. The van der Waals surface area contributed by atoms with Crippen molar-refractivity contribution in [1.29, 1.82) is 0 Å². The zero-order valence-corrected chi connectivity index (χ0v) is 36.6. The van der Waals surface area contributed by atoms with Crippen LogP contribution in [0.1, 0.15) is 188 Å². The highest BCUT2D eigenvalue weighted by molar-refractivity contribution is 5.72. The molecule has 1 unspecified atom stereocenters. The van der Waals surface area contributed by atoms with E-state index < -0.39 is 12.1 Å². The van der Waals surface area contributed by atoms with Crippen molar-refractivity contribution in [1.82, 2.24) is 0 Å². The molecule has 0 aromatic heterocycles. The molecule has 0 aromatic rings. The van der Waals surface area contributed by atoms with Gasteiger partial charge in [0, 0.05) is 12.8 Å². The highest BCUT2D eigenvalue weighted by Crippen LogP contribution is 2.12. The van der Waals surface area contributed by atoms with Crippen LogP contribution in [0, 0.1) is 0 Å². The van der Waals surface area contributed by atoms with Crippen LogP contribution in [0.2, 0.25) is 0 Å². The van der Waals surface area contributed by atoms with Crippen molar-refractivity contribution in [3.05, 3.63) is 97.2 Å². The Kier molecular flexibility index (Phi) is 42.1. The largest absolute Gasteiger partial charge is 0.462 e. The van der Waals surface area contributed by atoms with E-state index >= 15 is 0 Å². The average Bonchev–Trinajstić information content (AvgIpc) is 3.21. The Hall–Kier alpha value is -3.67. The molecule has 1 atom stereocenters. The van der Waals surface area contributed by atoms with Gasteiger partial charge in [-0.25, -0.2) is 0 Å². The summed E-state index contributed by atoms with van der Waals surface area (Å²) in [5.74, 6) is -1.09. The molecule has 0 N–H and O–H groups in total. The molecule has 0 aromatic carbocycles. The van der Waals surface area contributed by atoms with Gasteiger partial charge in [0.05, 0.1) is 6.42 Å². The molecule has 0 bridgehead atoms. The lowest BCUT2D eigenvalue weighted by Crippen LogP contribution is -2.30. The van der Waals surface area contributed by atoms with Gasteiger partial charge in [0.1, 0.15) is 13.2 Å². The maximum absolute atomic E-state index is 12.7. The highest BCUT2D eigenvalue weighted by atomic mass is 16.6. The number of rotatable bonds is 39. The van der Waals surface area contributed by atoms with Crippen molar-refractivity contribution in [2.75, 3.05) is 13.2 Å². The molecule has 0 saturated heterocycles. The Morgan fingerprint density at radius 1 is 0.386 bits per heavy atom. The van der Waals surface area contributed by atoms with Crippen LogP contribution in [0.4, 0.5) is 0 Å². The van der Waals surface area contributed by atoms with Crippen LogP contribution in [-0.4, -0.2) is 37.2 Å². The van der Waals surface area contributed by atoms with Crippen molar-refractivity contribution >= 4 is 17.9 Å². The van der Waals surface area contributed by atoms with Crippen LogP contribution in [0.5, 0.6) is 0 Å². The number of hydrogen-bond donors (Lipinski definition) is 0. The molecule has 0 spiro atoms. The fourth-order valence-electron chi connectivity index (χ4n) is 5.65. The number of unbranched alkanes of at least 4 members (excludes halogenated alkanes) is 13. The zero-order chi connectivity index (χ0) is 41.5. The first-order valence-electron chi connectivity index (χ1n) is 22.7. The summed E-state index contributed by atoms with van der Waals surface area (Å²) in [7, 11) is 0. The summed E-state index contributed by atoms with van der Waals surface area (Å²) in [5.41, 5.74) is 0. The summed E-state index contributed by atoms with van der Waals surface area (Å²) >= 11 is 0. The zero-order valence-electron chi connectivity index (χ0n) is 36.6. The summed E-state index contributed by atoms with van der Waals surface area (Å²) < 4.78 is 16.6. The van der Waals surface area contributed by atoms with E-state index in [9.17, 15) is 14.4 Å². The summed E-state index contributed by atoms with van der Waals surface area (Å²) in [6.45, 7) is 6.28. The van der Waals surface area contributed by atoms with Crippen LogP contribution < -0.4 is 0 Å². The average molecular weight is 791 g/mol. The molecule has 57 heavy (non-hydrogen) atoms. The number of esters is 3. The van der Waals surface area contributed by atoms with Gasteiger partial charge in [-0.15, -0.1) is 0 Å². The third-order valence-corrected chi connectivity index (χ3v) is 9.06. The molecule has 322 valence electrons. The Morgan fingerprint density at radius 2 is 0.789 bits per heavy atom. The van der Waals surface area contributed by atoms with Gasteiger partial charge in [0.25, 0.3) is 0 Å². The summed E-state index contributed by atoms with van der Waals surface area (Å²) in [4.78, 5) is 37.7. The molecule has 0 aliphatic rings. The Labute approximate surface area is 349 Å². The molecule has 0 heterocycles. The number of allylic oxidation sites excluding steroid dienone is 15. The van der Waals surface area contributed by atoms with E-state index in [1.54, 1.807) is 6.08 Å². The van der Waals surface area contributed by atoms with E-state index in [-0.39, 0.29) is 38.0 Å². The van der Waals surface area contributed by atoms with Crippen molar-refractivity contribution in [2.45, 2.75) is 194 Å². The second kappa shape index (κ2) is 45.0. The lowest BCUT2D eigenvalue weighted by atomic mass is 10.1. The monoisotopic (exact) mass is 791 g/mol. The van der Waals surface area contributed by atoms with Gasteiger partial charge in [-0.1, -0.05) is 176 Å². The summed E-state index contributed by atoms with van der Waals surface area (Å²) in [6, 6.07) is 0. The molecular weight excluding hydrogens is 709 g/mol. The lowest BCUT2D eigenvalue weighted by Gasteiger charge is -2.18. The van der Waals surface area contributed by atoms with Crippen molar-refractivity contribution < 1.29 is 28.6 Å². The van der Waals surface area contributed by atoms with E-state index in [2.05, 4.69) is 106 Å². The topological polar surface area (TPSA) is 78.9 Å². The molecule has 0 aliphatic heterocycles. The lowest BCUT2D eigenvalue weighted by molar-refractivity contribution is -0.166. The Balaban J connectivity index is 4.56. The summed E-state index contributed by atoms with van der Waals surface area (Å²) in [6.07, 6.45) is 58.4. The minimum atomic E-state index is -0.826. The first-order valence-corrected chi connectivity index (χ1v) is 22.7. The van der Waals surface area contributed by atoms with Crippen LogP contribution in [-0.2, 0) is 28.6 Å². The second-order valence-electron chi connectivity index (χ2n) is 14.6. The van der Waals surface area contributed by atoms with Gasteiger partial charge in [0.15, 0.2) is 6.10 Å². The van der Waals surface area contributed by atoms with E-state index in [1.807, 2.05) is 6.08 Å². The van der Waals surface area contributed by atoms with Gasteiger partial charge >= 0.3 is 17.9 Å². The molecule has 0 radical (unpaired) electrons.